The molecule has 94 valence electrons. The van der Waals surface area contributed by atoms with Crippen LogP contribution in [0.4, 0.5) is 10.2 Å². The van der Waals surface area contributed by atoms with Crippen LogP contribution in [-0.4, -0.2) is 4.98 Å². The Kier molecular flexibility index (Phi) is 3.97. The molecule has 1 aromatic heterocycles. The Labute approximate surface area is 114 Å². The number of aromatic nitrogens is 1. The molecule has 18 heavy (non-hydrogen) atoms. The number of rotatable bonds is 3. The second-order valence-electron chi connectivity index (χ2n) is 4.20. The standard InChI is InChI=1S/C14H14BrFN2/c1-9-7-11(3-5-13(9)16)8-17-14-6-4-12(15)10(2)18-14/h3-7H,8H2,1-2H3,(H,17,18). The highest BCUT2D eigenvalue weighted by molar-refractivity contribution is 9.10. The number of hydrogen-bond donors (Lipinski definition) is 1. The van der Waals surface area contributed by atoms with Crippen molar-refractivity contribution in [3.05, 3.63) is 57.4 Å². The van der Waals surface area contributed by atoms with Crippen molar-refractivity contribution < 1.29 is 4.39 Å². The van der Waals surface area contributed by atoms with E-state index >= 15 is 0 Å². The number of benzene rings is 1. The summed E-state index contributed by atoms with van der Waals surface area (Å²) in [6.45, 7) is 4.34. The Morgan fingerprint density at radius 2 is 2.00 bits per heavy atom. The normalized spacial score (nSPS) is 10.4. The first-order valence-corrected chi connectivity index (χ1v) is 6.47. The average Bonchev–Trinajstić information content (AvgIpc) is 2.35. The molecule has 0 saturated carbocycles. The quantitative estimate of drug-likeness (QED) is 0.918. The minimum atomic E-state index is -0.170. The zero-order chi connectivity index (χ0) is 13.1. The summed E-state index contributed by atoms with van der Waals surface area (Å²) in [4.78, 5) is 4.40. The molecule has 0 saturated heterocycles. The van der Waals surface area contributed by atoms with E-state index < -0.39 is 0 Å². The molecule has 2 aromatic rings. The van der Waals surface area contributed by atoms with Crippen LogP contribution in [-0.2, 0) is 6.54 Å². The van der Waals surface area contributed by atoms with Crippen LogP contribution in [0.3, 0.4) is 0 Å². The monoisotopic (exact) mass is 308 g/mol. The molecule has 0 amide bonds. The van der Waals surface area contributed by atoms with Gasteiger partial charge in [0.15, 0.2) is 0 Å². The summed E-state index contributed by atoms with van der Waals surface area (Å²) >= 11 is 3.41. The van der Waals surface area contributed by atoms with E-state index in [1.165, 1.54) is 6.07 Å². The van der Waals surface area contributed by atoms with Gasteiger partial charge in [0.2, 0.25) is 0 Å². The summed E-state index contributed by atoms with van der Waals surface area (Å²) in [5, 5.41) is 3.22. The summed E-state index contributed by atoms with van der Waals surface area (Å²) in [6.07, 6.45) is 0. The highest BCUT2D eigenvalue weighted by atomic mass is 79.9. The van der Waals surface area contributed by atoms with Crippen LogP contribution in [0.25, 0.3) is 0 Å². The minimum absolute atomic E-state index is 0.170. The topological polar surface area (TPSA) is 24.9 Å². The van der Waals surface area contributed by atoms with Crippen molar-refractivity contribution in [1.29, 1.82) is 0 Å². The molecule has 1 N–H and O–H groups in total. The third-order valence-electron chi connectivity index (χ3n) is 2.72. The third kappa shape index (κ3) is 3.07. The maximum absolute atomic E-state index is 13.1. The molecule has 2 rings (SSSR count). The summed E-state index contributed by atoms with van der Waals surface area (Å²) in [5.41, 5.74) is 2.64. The van der Waals surface area contributed by atoms with Crippen LogP contribution in [0.2, 0.25) is 0 Å². The van der Waals surface area contributed by atoms with Crippen LogP contribution < -0.4 is 5.32 Å². The van der Waals surface area contributed by atoms with Crippen molar-refractivity contribution in [1.82, 2.24) is 4.98 Å². The Bertz CT molecular complexity index is 518. The second kappa shape index (κ2) is 5.48. The predicted octanol–water partition coefficient (Wildman–Crippen LogP) is 4.21. The summed E-state index contributed by atoms with van der Waals surface area (Å²) in [5.74, 6) is 0.647. The van der Waals surface area contributed by atoms with Gasteiger partial charge in [-0.1, -0.05) is 12.1 Å². The van der Waals surface area contributed by atoms with Crippen molar-refractivity contribution in [2.45, 2.75) is 20.4 Å². The summed E-state index contributed by atoms with van der Waals surface area (Å²) in [7, 11) is 0. The van der Waals surface area contributed by atoms with Crippen LogP contribution >= 0.6 is 15.9 Å². The number of aryl methyl sites for hydroxylation is 2. The zero-order valence-corrected chi connectivity index (χ0v) is 11.9. The highest BCUT2D eigenvalue weighted by Crippen LogP contribution is 2.17. The lowest BCUT2D eigenvalue weighted by Gasteiger charge is -2.08. The first kappa shape index (κ1) is 13.0. The fraction of sp³-hybridized carbons (Fsp3) is 0.214. The number of nitrogens with zero attached hydrogens (tertiary/aromatic N) is 1. The molecule has 0 fully saturated rings. The van der Waals surface area contributed by atoms with Gasteiger partial charge in [-0.25, -0.2) is 9.37 Å². The molecule has 0 aliphatic carbocycles. The molecule has 0 aliphatic rings. The lowest BCUT2D eigenvalue weighted by Crippen LogP contribution is -2.02. The molecule has 0 unspecified atom stereocenters. The minimum Gasteiger partial charge on any atom is -0.366 e. The van der Waals surface area contributed by atoms with E-state index in [9.17, 15) is 4.39 Å². The Hall–Kier alpha value is -1.42. The number of halogens is 2. The molecule has 0 aliphatic heterocycles. The predicted molar refractivity (Wildman–Crippen MR) is 75.1 cm³/mol. The Morgan fingerprint density at radius 3 is 2.67 bits per heavy atom. The van der Waals surface area contributed by atoms with Crippen molar-refractivity contribution in [3.63, 3.8) is 0 Å². The lowest BCUT2D eigenvalue weighted by atomic mass is 10.1. The Balaban J connectivity index is 2.06. The Morgan fingerprint density at radius 1 is 1.22 bits per heavy atom. The highest BCUT2D eigenvalue weighted by Gasteiger charge is 2.01. The summed E-state index contributed by atoms with van der Waals surface area (Å²) in [6, 6.07) is 8.98. The van der Waals surface area contributed by atoms with E-state index in [4.69, 9.17) is 0 Å². The molecule has 4 heteroatoms. The number of pyridine rings is 1. The average molecular weight is 309 g/mol. The fourth-order valence-electron chi connectivity index (χ4n) is 1.65. The number of anilines is 1. The molecule has 0 bridgehead atoms. The van der Waals surface area contributed by atoms with Gasteiger partial charge in [-0.2, -0.15) is 0 Å². The van der Waals surface area contributed by atoms with Crippen molar-refractivity contribution in [2.24, 2.45) is 0 Å². The van der Waals surface area contributed by atoms with Crippen molar-refractivity contribution in [2.75, 3.05) is 5.32 Å². The lowest BCUT2D eigenvalue weighted by molar-refractivity contribution is 0.617. The third-order valence-corrected chi connectivity index (χ3v) is 3.56. The second-order valence-corrected chi connectivity index (χ2v) is 5.06. The van der Waals surface area contributed by atoms with Crippen LogP contribution in [0.5, 0.6) is 0 Å². The first-order chi connectivity index (χ1) is 8.56. The van der Waals surface area contributed by atoms with Gasteiger partial charge >= 0.3 is 0 Å². The van der Waals surface area contributed by atoms with Gasteiger partial charge in [0.05, 0.1) is 5.69 Å². The molecular weight excluding hydrogens is 295 g/mol. The van der Waals surface area contributed by atoms with Crippen LogP contribution in [0.15, 0.2) is 34.8 Å². The van der Waals surface area contributed by atoms with Gasteiger partial charge in [0.25, 0.3) is 0 Å². The van der Waals surface area contributed by atoms with Gasteiger partial charge in [0.1, 0.15) is 11.6 Å². The first-order valence-electron chi connectivity index (χ1n) is 5.68. The molecule has 1 aromatic carbocycles. The zero-order valence-electron chi connectivity index (χ0n) is 10.3. The van der Waals surface area contributed by atoms with E-state index in [1.54, 1.807) is 13.0 Å². The van der Waals surface area contributed by atoms with Gasteiger partial charge < -0.3 is 5.32 Å². The SMILES string of the molecule is Cc1cc(CNc2ccc(Br)c(C)n2)ccc1F. The number of nitrogens with one attached hydrogen (secondary N) is 1. The van der Waals surface area contributed by atoms with E-state index in [0.717, 1.165) is 21.5 Å². The van der Waals surface area contributed by atoms with Crippen LogP contribution in [0, 0.1) is 19.7 Å². The largest absolute Gasteiger partial charge is 0.366 e. The van der Waals surface area contributed by atoms with Crippen molar-refractivity contribution >= 4 is 21.7 Å². The van der Waals surface area contributed by atoms with Gasteiger partial charge in [-0.3, -0.25) is 0 Å². The van der Waals surface area contributed by atoms with Crippen LogP contribution in [0.1, 0.15) is 16.8 Å². The fourth-order valence-corrected chi connectivity index (χ4v) is 1.87. The molecule has 1 heterocycles. The van der Waals surface area contributed by atoms with E-state index in [-0.39, 0.29) is 5.82 Å². The van der Waals surface area contributed by atoms with Crippen molar-refractivity contribution in [3.8, 4) is 0 Å². The summed E-state index contributed by atoms with van der Waals surface area (Å²) < 4.78 is 14.1. The molecule has 0 spiro atoms. The van der Waals surface area contributed by atoms with Gasteiger partial charge in [0, 0.05) is 11.0 Å². The molecule has 0 atom stereocenters. The molecular formula is C14H14BrFN2. The van der Waals surface area contributed by atoms with Gasteiger partial charge in [-0.15, -0.1) is 0 Å². The smallest absolute Gasteiger partial charge is 0.126 e. The van der Waals surface area contributed by atoms with E-state index in [0.29, 0.717) is 12.1 Å². The van der Waals surface area contributed by atoms with E-state index in [1.807, 2.05) is 25.1 Å². The van der Waals surface area contributed by atoms with Gasteiger partial charge in [-0.05, 0) is 59.1 Å². The maximum Gasteiger partial charge on any atom is 0.126 e. The molecule has 2 nitrogen and oxygen atoms in total. The number of hydrogen-bond acceptors (Lipinski definition) is 2. The molecule has 0 radical (unpaired) electrons. The maximum atomic E-state index is 13.1. The van der Waals surface area contributed by atoms with E-state index in [2.05, 4.69) is 26.2 Å².